The minimum absolute atomic E-state index is 0. The Morgan fingerprint density at radius 3 is 0.200 bits per heavy atom. The van der Waals surface area contributed by atoms with Gasteiger partial charge in [-0.3, -0.25) is 0 Å². The average molecular weight is 574 g/mol. The molecule has 0 aliphatic carbocycles. The molecular weight excluding hydrogens is 574 g/mol. The van der Waals surface area contributed by atoms with Crippen molar-refractivity contribution >= 4 is 0 Å². The molecule has 0 N–H and O–H groups in total. The van der Waals surface area contributed by atoms with Crippen molar-refractivity contribution in [2.45, 2.75) is 0 Å². The molecule has 0 aromatic rings. The SMILES string of the molecule is [O-2].[O-2].[O-2].[O-2].[O-2].[O-2].[O-2].[O-2].[O-2].[O-2].[O-2].[Ru+4].[Ru+4].[Tc+7].[Tc+7]. The Bertz CT molecular complexity index is 16.5. The molecule has 0 heterocycles. The van der Waals surface area contributed by atoms with E-state index in [1.54, 1.807) is 0 Å². The molecule has 0 saturated carbocycles. The van der Waals surface area contributed by atoms with Crippen LogP contribution >= 0.6 is 0 Å². The minimum Gasteiger partial charge on any atom is -2.00 e. The molecule has 0 aromatic carbocycles. The maximum atomic E-state index is 0. The van der Waals surface area contributed by atoms with E-state index in [-0.39, 0.29) is 139 Å². The Balaban J connectivity index is 0. The third kappa shape index (κ3) is 723. The summed E-state index contributed by atoms with van der Waals surface area (Å²) >= 11 is 0. The van der Waals surface area contributed by atoms with Gasteiger partial charge in [-0.2, -0.15) is 0 Å². The molecule has 0 radical (unpaired) electrons. The molecule has 11 nitrogen and oxygen atoms in total. The fraction of sp³-hybridized carbons (Fsp3) is 0. The van der Waals surface area contributed by atoms with Crippen molar-refractivity contribution in [3.05, 3.63) is 0 Å². The summed E-state index contributed by atoms with van der Waals surface area (Å²) in [5.74, 6) is 0. The maximum Gasteiger partial charge on any atom is 7.00 e. The molecule has 0 saturated heterocycles. The molecule has 0 aliphatic heterocycles. The average Bonchev–Trinajstić information content (AvgIpc) is 0. The van der Waals surface area contributed by atoms with Crippen LogP contribution in [0.1, 0.15) is 0 Å². The predicted molar refractivity (Wildman–Crippen MR) is 7.55 cm³/mol. The van der Waals surface area contributed by atoms with Gasteiger partial charge in [-0.25, -0.2) is 0 Å². The van der Waals surface area contributed by atoms with Crippen LogP contribution in [-0.2, 0) is 139 Å². The zero-order valence-electron chi connectivity index (χ0n) is 5.95. The van der Waals surface area contributed by atoms with Gasteiger partial charge in [0.05, 0.1) is 0 Å². The van der Waals surface area contributed by atoms with Crippen LogP contribution in [-0.4, -0.2) is 0 Å². The van der Waals surface area contributed by atoms with E-state index in [4.69, 9.17) is 0 Å². The van der Waals surface area contributed by atoms with E-state index in [2.05, 4.69) is 0 Å². The maximum absolute atomic E-state index is 0. The molecule has 0 unspecified atom stereocenters. The number of hydrogen-bond acceptors (Lipinski definition) is 0. The van der Waals surface area contributed by atoms with Gasteiger partial charge in [-0.1, -0.05) is 0 Å². The van der Waals surface area contributed by atoms with Crippen LogP contribution in [0.2, 0.25) is 0 Å². The molecule has 0 amide bonds. The van der Waals surface area contributed by atoms with E-state index in [0.29, 0.717) is 0 Å². The molecule has 0 aromatic heterocycles. The Morgan fingerprint density at radius 1 is 0.200 bits per heavy atom. The molecule has 0 atom stereocenters. The van der Waals surface area contributed by atoms with Crippen molar-refractivity contribution < 1.29 is 139 Å². The van der Waals surface area contributed by atoms with Gasteiger partial charge < -0.3 is 60.2 Å². The van der Waals surface area contributed by atoms with Gasteiger partial charge in [0.15, 0.2) is 0 Å². The summed E-state index contributed by atoms with van der Waals surface area (Å²) in [6.07, 6.45) is 0. The molecule has 0 spiro atoms. The zero-order valence-corrected chi connectivity index (χ0v) is 13.1. The molecule has 0 fully saturated rings. The van der Waals surface area contributed by atoms with Crippen LogP contribution in [0.4, 0.5) is 0 Å². The van der Waals surface area contributed by atoms with Crippen LogP contribution < -0.4 is 0 Å². The molecule has 0 aliphatic rings. The number of rotatable bonds is 0. The van der Waals surface area contributed by atoms with Crippen molar-refractivity contribution in [3.63, 3.8) is 0 Å². The van der Waals surface area contributed by atoms with E-state index in [1.165, 1.54) is 0 Å². The summed E-state index contributed by atoms with van der Waals surface area (Å²) in [6.45, 7) is 0. The van der Waals surface area contributed by atoms with Crippen molar-refractivity contribution in [3.8, 4) is 0 Å². The van der Waals surface area contributed by atoms with Gasteiger partial charge in [0.25, 0.3) is 0 Å². The van der Waals surface area contributed by atoms with E-state index in [0.717, 1.165) is 0 Å². The topological polar surface area (TPSA) is 314 Å². The second kappa shape index (κ2) is 829. The monoisotopic (exact) mass is 574 g/mol. The quantitative estimate of drug-likeness (QED) is 0.304. The Hall–Kier alpha value is 2.11. The minimum atomic E-state index is 0. The Kier molecular flexibility index (Phi) is 55300. The van der Waals surface area contributed by atoms with Crippen molar-refractivity contribution in [2.24, 2.45) is 0 Å². The second-order valence-electron chi connectivity index (χ2n) is 0. The fourth-order valence-electron chi connectivity index (χ4n) is 0. The van der Waals surface area contributed by atoms with E-state index < -0.39 is 0 Å². The molecule has 15 heteroatoms. The van der Waals surface area contributed by atoms with Gasteiger partial charge >= 0.3 is 79.2 Å². The van der Waals surface area contributed by atoms with E-state index in [1.807, 2.05) is 0 Å². The Labute approximate surface area is 138 Å². The third-order valence-corrected chi connectivity index (χ3v) is 0. The molecule has 96 valence electrons. The van der Waals surface area contributed by atoms with Gasteiger partial charge in [0.2, 0.25) is 0 Å². The first-order valence-electron chi connectivity index (χ1n) is 0. The van der Waals surface area contributed by atoms with Gasteiger partial charge in [-0.15, -0.1) is 0 Å². The normalized spacial score (nSPS) is 0. The van der Waals surface area contributed by atoms with Crippen LogP contribution in [0.5, 0.6) is 0 Å². The Morgan fingerprint density at radius 2 is 0.200 bits per heavy atom. The van der Waals surface area contributed by atoms with Gasteiger partial charge in [0, 0.05) is 0 Å². The summed E-state index contributed by atoms with van der Waals surface area (Å²) in [7, 11) is 0. The molecular formula is O11Ru2Tc2. The number of hydrogen-bond donors (Lipinski definition) is 0. The first kappa shape index (κ1) is 1000. The largest absolute Gasteiger partial charge is 7.00 e. The molecule has 0 bridgehead atoms. The van der Waals surface area contributed by atoms with E-state index >= 15 is 0 Å². The first-order chi connectivity index (χ1) is 0. The summed E-state index contributed by atoms with van der Waals surface area (Å²) in [6, 6.07) is 0. The summed E-state index contributed by atoms with van der Waals surface area (Å²) < 4.78 is 0. The zero-order chi connectivity index (χ0) is 0. The molecule has 15 heavy (non-hydrogen) atoms. The standard InChI is InChI=1S/11O.2Ru.2Tc/q11*-2;2*+4;2*+7. The van der Waals surface area contributed by atoms with Crippen molar-refractivity contribution in [1.29, 1.82) is 0 Å². The van der Waals surface area contributed by atoms with Crippen LogP contribution in [0.15, 0.2) is 0 Å². The molecule has 0 rings (SSSR count). The smallest absolute Gasteiger partial charge is 2.00 e. The van der Waals surface area contributed by atoms with Gasteiger partial charge in [-0.05, 0) is 0 Å². The van der Waals surface area contributed by atoms with Crippen molar-refractivity contribution in [1.82, 2.24) is 0 Å². The van der Waals surface area contributed by atoms with Crippen molar-refractivity contribution in [2.75, 3.05) is 0 Å². The first-order valence-corrected chi connectivity index (χ1v) is 0. The van der Waals surface area contributed by atoms with Crippen LogP contribution in [0, 0.1) is 0 Å². The van der Waals surface area contributed by atoms with Gasteiger partial charge in [0.1, 0.15) is 0 Å². The van der Waals surface area contributed by atoms with Crippen LogP contribution in [0.25, 0.3) is 0 Å². The predicted octanol–water partition coefficient (Wildman–Crippen LogP) is -1.32. The second-order valence-corrected chi connectivity index (χ2v) is 0. The van der Waals surface area contributed by atoms with Crippen LogP contribution in [0.3, 0.4) is 0 Å². The summed E-state index contributed by atoms with van der Waals surface area (Å²) in [5.41, 5.74) is 0. The fourth-order valence-corrected chi connectivity index (χ4v) is 0. The summed E-state index contributed by atoms with van der Waals surface area (Å²) in [5, 5.41) is 0. The summed E-state index contributed by atoms with van der Waals surface area (Å²) in [4.78, 5) is 0. The van der Waals surface area contributed by atoms with E-state index in [9.17, 15) is 0 Å². The third-order valence-electron chi connectivity index (χ3n) is 0.